The van der Waals surface area contributed by atoms with Gasteiger partial charge in [0.25, 0.3) is 5.91 Å². The van der Waals surface area contributed by atoms with Crippen LogP contribution in [0.4, 0.5) is 5.69 Å². The van der Waals surface area contributed by atoms with Crippen molar-refractivity contribution in [3.8, 4) is 5.75 Å². The Morgan fingerprint density at radius 1 is 1.06 bits per heavy atom. The van der Waals surface area contributed by atoms with E-state index in [0.29, 0.717) is 22.0 Å². The monoisotopic (exact) mass is 259 g/mol. The largest absolute Gasteiger partial charge is 0.474 e. The van der Waals surface area contributed by atoms with Gasteiger partial charge in [0, 0.05) is 10.6 Å². The van der Waals surface area contributed by atoms with E-state index in [4.69, 9.17) is 16.3 Å². The second-order valence-corrected chi connectivity index (χ2v) is 4.41. The second-order valence-electron chi connectivity index (χ2n) is 4.00. The minimum absolute atomic E-state index is 0.207. The molecule has 0 aromatic heterocycles. The van der Waals surface area contributed by atoms with Crippen LogP contribution in [-0.4, -0.2) is 5.91 Å². The van der Waals surface area contributed by atoms with Crippen LogP contribution in [0.1, 0.15) is 11.7 Å². The van der Waals surface area contributed by atoms with Gasteiger partial charge in [-0.15, -0.1) is 0 Å². The molecule has 1 aliphatic heterocycles. The first-order chi connectivity index (χ1) is 8.75. The predicted molar refractivity (Wildman–Crippen MR) is 69.9 cm³/mol. The minimum atomic E-state index is -0.700. The standard InChI is InChI=1S/C14H10ClNO2/c15-10-6-2-1-5-9(10)13-14(17)16-11-7-3-4-8-12(11)18-13/h1-8,13H,(H,16,17). The highest BCUT2D eigenvalue weighted by Crippen LogP contribution is 2.36. The summed E-state index contributed by atoms with van der Waals surface area (Å²) in [6.07, 6.45) is -0.700. The molecule has 0 fully saturated rings. The Balaban J connectivity index is 2.01. The molecular weight excluding hydrogens is 250 g/mol. The molecule has 1 unspecified atom stereocenters. The van der Waals surface area contributed by atoms with E-state index in [1.165, 1.54) is 0 Å². The topological polar surface area (TPSA) is 38.3 Å². The van der Waals surface area contributed by atoms with Gasteiger partial charge >= 0.3 is 0 Å². The van der Waals surface area contributed by atoms with Crippen molar-refractivity contribution in [1.82, 2.24) is 0 Å². The van der Waals surface area contributed by atoms with Crippen LogP contribution >= 0.6 is 11.6 Å². The fourth-order valence-corrected chi connectivity index (χ4v) is 2.18. The molecule has 1 aliphatic rings. The summed E-state index contributed by atoms with van der Waals surface area (Å²) in [5.41, 5.74) is 1.36. The minimum Gasteiger partial charge on any atom is -0.474 e. The molecule has 1 atom stereocenters. The highest BCUT2D eigenvalue weighted by molar-refractivity contribution is 6.31. The van der Waals surface area contributed by atoms with Crippen LogP contribution in [0.15, 0.2) is 48.5 Å². The highest BCUT2D eigenvalue weighted by Gasteiger charge is 2.30. The average Bonchev–Trinajstić information content (AvgIpc) is 2.39. The molecule has 0 saturated heterocycles. The number of anilines is 1. The van der Waals surface area contributed by atoms with Crippen molar-refractivity contribution in [3.05, 3.63) is 59.1 Å². The zero-order valence-electron chi connectivity index (χ0n) is 9.39. The zero-order chi connectivity index (χ0) is 12.5. The van der Waals surface area contributed by atoms with Gasteiger partial charge in [-0.2, -0.15) is 0 Å². The lowest BCUT2D eigenvalue weighted by Crippen LogP contribution is -2.30. The Labute approximate surface area is 109 Å². The summed E-state index contributed by atoms with van der Waals surface area (Å²) in [6.45, 7) is 0. The molecule has 2 aromatic rings. The molecule has 0 spiro atoms. The number of hydrogen-bond donors (Lipinski definition) is 1. The Kier molecular flexibility index (Phi) is 2.68. The first-order valence-electron chi connectivity index (χ1n) is 5.56. The second kappa shape index (κ2) is 4.35. The molecular formula is C14H10ClNO2. The zero-order valence-corrected chi connectivity index (χ0v) is 10.1. The maximum absolute atomic E-state index is 12.0. The fourth-order valence-electron chi connectivity index (χ4n) is 1.94. The van der Waals surface area contributed by atoms with Crippen LogP contribution in [0.5, 0.6) is 5.75 Å². The van der Waals surface area contributed by atoms with Crippen molar-refractivity contribution in [2.24, 2.45) is 0 Å². The van der Waals surface area contributed by atoms with Crippen molar-refractivity contribution in [3.63, 3.8) is 0 Å². The number of carbonyl (C=O) groups is 1. The van der Waals surface area contributed by atoms with Gasteiger partial charge < -0.3 is 10.1 Å². The number of nitrogens with one attached hydrogen (secondary N) is 1. The molecule has 3 nitrogen and oxygen atoms in total. The third-order valence-electron chi connectivity index (χ3n) is 2.82. The SMILES string of the molecule is O=C1Nc2ccccc2OC1c1ccccc1Cl. The highest BCUT2D eigenvalue weighted by atomic mass is 35.5. The van der Waals surface area contributed by atoms with Crippen LogP contribution in [0.2, 0.25) is 5.02 Å². The van der Waals surface area contributed by atoms with Gasteiger partial charge in [0.15, 0.2) is 0 Å². The number of halogens is 1. The summed E-state index contributed by atoms with van der Waals surface area (Å²) in [5, 5.41) is 3.34. The summed E-state index contributed by atoms with van der Waals surface area (Å²) < 4.78 is 5.71. The molecule has 0 saturated carbocycles. The molecule has 1 N–H and O–H groups in total. The van der Waals surface area contributed by atoms with Crippen LogP contribution in [0, 0.1) is 0 Å². The van der Waals surface area contributed by atoms with E-state index in [0.717, 1.165) is 0 Å². The number of rotatable bonds is 1. The smallest absolute Gasteiger partial charge is 0.270 e. The molecule has 3 rings (SSSR count). The first-order valence-corrected chi connectivity index (χ1v) is 5.94. The molecule has 2 aromatic carbocycles. The number of fused-ring (bicyclic) bond motifs is 1. The Morgan fingerprint density at radius 2 is 1.78 bits per heavy atom. The van der Waals surface area contributed by atoms with E-state index in [-0.39, 0.29) is 5.91 Å². The van der Waals surface area contributed by atoms with Gasteiger partial charge in [-0.05, 0) is 18.2 Å². The van der Waals surface area contributed by atoms with E-state index < -0.39 is 6.10 Å². The van der Waals surface area contributed by atoms with E-state index >= 15 is 0 Å². The molecule has 18 heavy (non-hydrogen) atoms. The summed E-state index contributed by atoms with van der Waals surface area (Å²) in [7, 11) is 0. The quantitative estimate of drug-likeness (QED) is 0.852. The molecule has 90 valence electrons. The fraction of sp³-hybridized carbons (Fsp3) is 0.0714. The van der Waals surface area contributed by atoms with E-state index in [1.807, 2.05) is 30.3 Å². The van der Waals surface area contributed by atoms with Gasteiger partial charge in [0.05, 0.1) is 5.69 Å². The molecule has 0 bridgehead atoms. The van der Waals surface area contributed by atoms with Gasteiger partial charge in [-0.25, -0.2) is 0 Å². The lowest BCUT2D eigenvalue weighted by molar-refractivity contribution is -0.123. The summed E-state index contributed by atoms with van der Waals surface area (Å²) in [5.74, 6) is 0.448. The van der Waals surface area contributed by atoms with Gasteiger partial charge in [-0.3, -0.25) is 4.79 Å². The van der Waals surface area contributed by atoms with Gasteiger partial charge in [0.1, 0.15) is 5.75 Å². The number of ether oxygens (including phenoxy) is 1. The molecule has 0 radical (unpaired) electrons. The van der Waals surface area contributed by atoms with Crippen molar-refractivity contribution < 1.29 is 9.53 Å². The third-order valence-corrected chi connectivity index (χ3v) is 3.16. The number of amides is 1. The van der Waals surface area contributed by atoms with E-state index in [1.54, 1.807) is 18.2 Å². The Hall–Kier alpha value is -2.00. The predicted octanol–water partition coefficient (Wildman–Crippen LogP) is 3.41. The van der Waals surface area contributed by atoms with Crippen LogP contribution in [0.25, 0.3) is 0 Å². The van der Waals surface area contributed by atoms with Crippen LogP contribution in [-0.2, 0) is 4.79 Å². The van der Waals surface area contributed by atoms with Crippen molar-refractivity contribution in [2.45, 2.75) is 6.10 Å². The molecule has 1 amide bonds. The maximum Gasteiger partial charge on any atom is 0.270 e. The average molecular weight is 260 g/mol. The lowest BCUT2D eigenvalue weighted by Gasteiger charge is -2.26. The summed E-state index contributed by atoms with van der Waals surface area (Å²) in [6, 6.07) is 14.5. The Morgan fingerprint density at radius 3 is 2.61 bits per heavy atom. The number of hydrogen-bond acceptors (Lipinski definition) is 2. The van der Waals surface area contributed by atoms with Crippen molar-refractivity contribution >= 4 is 23.2 Å². The van der Waals surface area contributed by atoms with Crippen LogP contribution in [0.3, 0.4) is 0 Å². The van der Waals surface area contributed by atoms with Gasteiger partial charge in [0.2, 0.25) is 6.10 Å². The van der Waals surface area contributed by atoms with Gasteiger partial charge in [-0.1, -0.05) is 41.9 Å². The summed E-state index contributed by atoms with van der Waals surface area (Å²) in [4.78, 5) is 12.0. The summed E-state index contributed by atoms with van der Waals surface area (Å²) >= 11 is 6.09. The van der Waals surface area contributed by atoms with E-state index in [9.17, 15) is 4.79 Å². The van der Waals surface area contributed by atoms with Crippen molar-refractivity contribution in [2.75, 3.05) is 5.32 Å². The molecule has 4 heteroatoms. The molecule has 1 heterocycles. The lowest BCUT2D eigenvalue weighted by atomic mass is 10.1. The first kappa shape index (κ1) is 11.1. The number of para-hydroxylation sites is 2. The normalized spacial score (nSPS) is 17.6. The Bertz CT molecular complexity index is 612. The third kappa shape index (κ3) is 1.83. The van der Waals surface area contributed by atoms with E-state index in [2.05, 4.69) is 5.32 Å². The maximum atomic E-state index is 12.0. The van der Waals surface area contributed by atoms with Crippen molar-refractivity contribution in [1.29, 1.82) is 0 Å². The number of carbonyl (C=O) groups excluding carboxylic acids is 1. The van der Waals surface area contributed by atoms with Crippen LogP contribution < -0.4 is 10.1 Å². The molecule has 0 aliphatic carbocycles. The number of benzene rings is 2.